The molecule has 0 atom stereocenters. The molecule has 0 fully saturated rings. The van der Waals surface area contributed by atoms with E-state index in [9.17, 15) is 5.11 Å². The summed E-state index contributed by atoms with van der Waals surface area (Å²) in [6.07, 6.45) is 1.92. The van der Waals surface area contributed by atoms with E-state index in [0.717, 1.165) is 26.9 Å². The van der Waals surface area contributed by atoms with Gasteiger partial charge < -0.3 is 9.84 Å². The van der Waals surface area contributed by atoms with Gasteiger partial charge in [0.25, 0.3) is 0 Å². The van der Waals surface area contributed by atoms with Gasteiger partial charge in [0.05, 0.1) is 17.9 Å². The van der Waals surface area contributed by atoms with Crippen LogP contribution >= 0.6 is 11.8 Å². The standard InChI is InChI=1S/C18H20N2O2S/c1-5-16(14-7-6-8-15(21)11-14)19-13(3)23-18-12(2)9-10-17(20-18)22-4/h5-11,21H,1-4H3/b16-5-,19-13?. The number of thioether (sulfide) groups is 1. The molecule has 5 heteroatoms. The zero-order chi connectivity index (χ0) is 16.8. The topological polar surface area (TPSA) is 54.7 Å². The van der Waals surface area contributed by atoms with Crippen LogP contribution in [0.25, 0.3) is 5.70 Å². The van der Waals surface area contributed by atoms with Gasteiger partial charge in [0.1, 0.15) is 10.8 Å². The van der Waals surface area contributed by atoms with Crippen molar-refractivity contribution in [2.24, 2.45) is 4.99 Å². The monoisotopic (exact) mass is 328 g/mol. The highest BCUT2D eigenvalue weighted by Gasteiger charge is 2.07. The maximum Gasteiger partial charge on any atom is 0.214 e. The molecule has 1 aromatic carbocycles. The number of ether oxygens (including phenoxy) is 1. The van der Waals surface area contributed by atoms with Crippen molar-refractivity contribution in [1.29, 1.82) is 0 Å². The van der Waals surface area contributed by atoms with E-state index in [1.165, 1.54) is 11.8 Å². The number of nitrogens with zero attached hydrogens (tertiary/aromatic N) is 2. The Morgan fingerprint density at radius 1 is 1.30 bits per heavy atom. The van der Waals surface area contributed by atoms with Gasteiger partial charge >= 0.3 is 0 Å². The van der Waals surface area contributed by atoms with E-state index in [0.29, 0.717) is 5.88 Å². The number of allylic oxidation sites excluding steroid dienone is 1. The number of benzene rings is 1. The molecule has 0 saturated carbocycles. The Balaban J connectivity index is 2.25. The van der Waals surface area contributed by atoms with Crippen LogP contribution in [0.5, 0.6) is 11.6 Å². The van der Waals surface area contributed by atoms with Gasteiger partial charge in [0.2, 0.25) is 5.88 Å². The molecule has 2 rings (SSSR count). The summed E-state index contributed by atoms with van der Waals surface area (Å²) < 4.78 is 5.17. The number of phenols is 1. The number of rotatable bonds is 4. The third-order valence-electron chi connectivity index (χ3n) is 3.17. The number of pyridine rings is 1. The fraction of sp³-hybridized carbons (Fsp3) is 0.222. The van der Waals surface area contributed by atoms with Gasteiger partial charge in [0, 0.05) is 11.6 Å². The normalized spacial score (nSPS) is 12.3. The van der Waals surface area contributed by atoms with E-state index in [1.54, 1.807) is 25.3 Å². The summed E-state index contributed by atoms with van der Waals surface area (Å²) in [5.41, 5.74) is 2.76. The fourth-order valence-electron chi connectivity index (χ4n) is 2.00. The zero-order valence-electron chi connectivity index (χ0n) is 13.7. The number of aliphatic imine (C=N–C) groups is 1. The number of aromatic hydroxyl groups is 1. The van der Waals surface area contributed by atoms with Gasteiger partial charge in [-0.25, -0.2) is 9.98 Å². The van der Waals surface area contributed by atoms with Crippen molar-refractivity contribution in [1.82, 2.24) is 4.98 Å². The van der Waals surface area contributed by atoms with Gasteiger partial charge in [-0.3, -0.25) is 0 Å². The van der Waals surface area contributed by atoms with E-state index >= 15 is 0 Å². The summed E-state index contributed by atoms with van der Waals surface area (Å²) in [6.45, 7) is 5.88. The third kappa shape index (κ3) is 4.60. The zero-order valence-corrected chi connectivity index (χ0v) is 14.5. The summed E-state index contributed by atoms with van der Waals surface area (Å²) in [5, 5.41) is 11.4. The molecule has 0 aliphatic heterocycles. The molecule has 0 bridgehead atoms. The van der Waals surface area contributed by atoms with Gasteiger partial charge in [-0.05, 0) is 38.5 Å². The van der Waals surface area contributed by atoms with Gasteiger partial charge in [-0.1, -0.05) is 36.0 Å². The number of aromatic nitrogens is 1. The molecule has 1 N–H and O–H groups in total. The number of aryl methyl sites for hydroxylation is 1. The lowest BCUT2D eigenvalue weighted by atomic mass is 10.1. The molecule has 0 spiro atoms. The smallest absolute Gasteiger partial charge is 0.214 e. The van der Waals surface area contributed by atoms with Crippen molar-refractivity contribution in [3.8, 4) is 11.6 Å². The Labute approximate surface area is 140 Å². The van der Waals surface area contributed by atoms with Crippen molar-refractivity contribution in [3.63, 3.8) is 0 Å². The van der Waals surface area contributed by atoms with Gasteiger partial charge in [-0.2, -0.15) is 0 Å². The lowest BCUT2D eigenvalue weighted by Crippen LogP contribution is -1.94. The highest BCUT2D eigenvalue weighted by molar-refractivity contribution is 8.13. The first kappa shape index (κ1) is 17.1. The molecule has 2 aromatic rings. The Morgan fingerprint density at radius 2 is 2.09 bits per heavy atom. The molecule has 0 aliphatic rings. The number of hydrogen-bond acceptors (Lipinski definition) is 5. The van der Waals surface area contributed by atoms with Crippen LogP contribution in [-0.2, 0) is 0 Å². The molecule has 120 valence electrons. The molecular weight excluding hydrogens is 308 g/mol. The van der Waals surface area contributed by atoms with Crippen LogP contribution in [-0.4, -0.2) is 22.2 Å². The number of hydrogen-bond donors (Lipinski definition) is 1. The van der Waals surface area contributed by atoms with Crippen LogP contribution in [0.4, 0.5) is 0 Å². The van der Waals surface area contributed by atoms with Crippen molar-refractivity contribution < 1.29 is 9.84 Å². The Morgan fingerprint density at radius 3 is 2.74 bits per heavy atom. The van der Waals surface area contributed by atoms with Crippen LogP contribution in [0.1, 0.15) is 25.0 Å². The van der Waals surface area contributed by atoms with Gasteiger partial charge in [0.15, 0.2) is 0 Å². The first-order chi connectivity index (χ1) is 11.0. The third-order valence-corrected chi connectivity index (χ3v) is 4.17. The van der Waals surface area contributed by atoms with Crippen molar-refractivity contribution in [2.75, 3.05) is 7.11 Å². The first-order valence-electron chi connectivity index (χ1n) is 7.24. The van der Waals surface area contributed by atoms with Crippen molar-refractivity contribution in [3.05, 3.63) is 53.6 Å². The Kier molecular flexibility index (Phi) is 5.82. The molecule has 0 saturated heterocycles. The molecule has 1 heterocycles. The fourth-order valence-corrected chi connectivity index (χ4v) is 2.79. The van der Waals surface area contributed by atoms with E-state index < -0.39 is 0 Å². The maximum absolute atomic E-state index is 9.62. The van der Waals surface area contributed by atoms with E-state index in [4.69, 9.17) is 4.74 Å². The highest BCUT2D eigenvalue weighted by Crippen LogP contribution is 2.27. The molecule has 0 radical (unpaired) electrons. The minimum atomic E-state index is 0.229. The molecule has 0 aliphatic carbocycles. The lowest BCUT2D eigenvalue weighted by Gasteiger charge is -2.08. The summed E-state index contributed by atoms with van der Waals surface area (Å²) in [6, 6.07) is 10.9. The Bertz CT molecular complexity index is 754. The minimum absolute atomic E-state index is 0.229. The van der Waals surface area contributed by atoms with Crippen molar-refractivity contribution >= 4 is 22.5 Å². The first-order valence-corrected chi connectivity index (χ1v) is 8.05. The van der Waals surface area contributed by atoms with E-state index in [1.807, 2.05) is 45.0 Å². The molecule has 4 nitrogen and oxygen atoms in total. The van der Waals surface area contributed by atoms with Crippen LogP contribution in [0, 0.1) is 6.92 Å². The second-order valence-electron chi connectivity index (χ2n) is 4.93. The SMILES string of the molecule is C/C=C(\N=C(C)Sc1nc(OC)ccc1C)c1cccc(O)c1. The number of phenolic OH excluding ortho intramolecular Hbond substituents is 1. The largest absolute Gasteiger partial charge is 0.508 e. The van der Waals surface area contributed by atoms with Crippen LogP contribution in [0.15, 0.2) is 52.5 Å². The molecular formula is C18H20N2O2S. The number of methoxy groups -OCH3 is 1. The van der Waals surface area contributed by atoms with Gasteiger partial charge in [-0.15, -0.1) is 0 Å². The summed E-state index contributed by atoms with van der Waals surface area (Å²) in [4.78, 5) is 9.10. The molecule has 0 amide bonds. The molecule has 23 heavy (non-hydrogen) atoms. The van der Waals surface area contributed by atoms with Crippen LogP contribution in [0.2, 0.25) is 0 Å². The van der Waals surface area contributed by atoms with E-state index in [2.05, 4.69) is 9.98 Å². The van der Waals surface area contributed by atoms with Crippen LogP contribution < -0.4 is 4.74 Å². The summed E-state index contributed by atoms with van der Waals surface area (Å²) >= 11 is 1.50. The Hall–Kier alpha value is -2.27. The molecule has 0 unspecified atom stereocenters. The lowest BCUT2D eigenvalue weighted by molar-refractivity contribution is 0.394. The predicted molar refractivity (Wildman–Crippen MR) is 96.2 cm³/mol. The molecule has 1 aromatic heterocycles. The predicted octanol–water partition coefficient (Wildman–Crippen LogP) is 4.68. The van der Waals surface area contributed by atoms with Crippen LogP contribution in [0.3, 0.4) is 0 Å². The van der Waals surface area contributed by atoms with E-state index in [-0.39, 0.29) is 5.75 Å². The maximum atomic E-state index is 9.62. The quantitative estimate of drug-likeness (QED) is 0.503. The second-order valence-corrected chi connectivity index (χ2v) is 6.11. The van der Waals surface area contributed by atoms with Crippen molar-refractivity contribution in [2.45, 2.75) is 25.8 Å². The summed E-state index contributed by atoms with van der Waals surface area (Å²) in [5.74, 6) is 0.817. The second kappa shape index (κ2) is 7.83. The summed E-state index contributed by atoms with van der Waals surface area (Å²) in [7, 11) is 1.60. The highest BCUT2D eigenvalue weighted by atomic mass is 32.2. The minimum Gasteiger partial charge on any atom is -0.508 e. The average molecular weight is 328 g/mol. The average Bonchev–Trinajstić information content (AvgIpc) is 2.54.